The normalized spacial score (nSPS) is 11.2. The van der Waals surface area contributed by atoms with Crippen LogP contribution in [0.5, 0.6) is 0 Å². The third-order valence-corrected chi connectivity index (χ3v) is 3.57. The summed E-state index contributed by atoms with van der Waals surface area (Å²) >= 11 is 1.59. The average Bonchev–Trinajstić information content (AvgIpc) is 2.72. The summed E-state index contributed by atoms with van der Waals surface area (Å²) in [6.07, 6.45) is 1.11. The molecule has 0 aromatic carbocycles. The predicted octanol–water partition coefficient (Wildman–Crippen LogP) is 1.94. The molecule has 0 bridgehead atoms. The summed E-state index contributed by atoms with van der Waals surface area (Å²) in [7, 11) is 0. The van der Waals surface area contributed by atoms with Crippen LogP contribution in [-0.4, -0.2) is 34.2 Å². The number of urea groups is 1. The molecule has 1 aromatic rings. The Morgan fingerprint density at radius 2 is 2.15 bits per heavy atom. The first kappa shape index (κ1) is 16.4. The van der Waals surface area contributed by atoms with Crippen molar-refractivity contribution in [2.45, 2.75) is 45.6 Å². The predicted molar refractivity (Wildman–Crippen MR) is 78.0 cm³/mol. The lowest BCUT2D eigenvalue weighted by Crippen LogP contribution is -2.48. The molecule has 0 aliphatic heterocycles. The summed E-state index contributed by atoms with van der Waals surface area (Å²) in [5.41, 5.74) is 0.428. The zero-order valence-electron chi connectivity index (χ0n) is 12.0. The molecule has 0 saturated carbocycles. The molecule has 0 spiro atoms. The maximum absolute atomic E-state index is 11.7. The Morgan fingerprint density at radius 1 is 1.45 bits per heavy atom. The first-order valence-corrected chi connectivity index (χ1v) is 7.35. The van der Waals surface area contributed by atoms with E-state index in [2.05, 4.69) is 15.6 Å². The van der Waals surface area contributed by atoms with Crippen molar-refractivity contribution in [3.8, 4) is 0 Å². The highest BCUT2D eigenvalue weighted by Crippen LogP contribution is 2.11. The fraction of sp³-hybridized carbons (Fsp3) is 0.615. The zero-order valence-corrected chi connectivity index (χ0v) is 12.8. The Kier molecular flexibility index (Phi) is 5.94. The van der Waals surface area contributed by atoms with Crippen molar-refractivity contribution in [1.29, 1.82) is 0 Å². The molecular formula is C13H21N3O3S. The van der Waals surface area contributed by atoms with Gasteiger partial charge in [0.05, 0.1) is 10.7 Å². The van der Waals surface area contributed by atoms with Crippen molar-refractivity contribution in [2.24, 2.45) is 0 Å². The highest BCUT2D eigenvalue weighted by molar-refractivity contribution is 7.09. The average molecular weight is 299 g/mol. The molecule has 2 amide bonds. The number of aliphatic carboxylic acids is 1. The number of carbonyl (C=O) groups is 2. The molecule has 1 rings (SSSR count). The third kappa shape index (κ3) is 6.51. The number of thiazole rings is 1. The van der Waals surface area contributed by atoms with Crippen molar-refractivity contribution >= 4 is 23.3 Å². The van der Waals surface area contributed by atoms with Crippen LogP contribution in [0, 0.1) is 6.92 Å². The molecule has 0 radical (unpaired) electrons. The van der Waals surface area contributed by atoms with Gasteiger partial charge >= 0.3 is 12.0 Å². The molecule has 6 nitrogen and oxygen atoms in total. The van der Waals surface area contributed by atoms with Crippen LogP contribution in [0.3, 0.4) is 0 Å². The number of nitrogens with zero attached hydrogens (tertiary/aromatic N) is 1. The quantitative estimate of drug-likeness (QED) is 0.717. The summed E-state index contributed by atoms with van der Waals surface area (Å²) in [6, 6.07) is -0.285. The lowest BCUT2D eigenvalue weighted by molar-refractivity contribution is -0.137. The van der Waals surface area contributed by atoms with Gasteiger partial charge in [0.1, 0.15) is 0 Å². The number of aryl methyl sites for hydroxylation is 1. The number of carboxylic acid groups (broad SMARTS) is 1. The Balaban J connectivity index is 2.27. The number of aromatic nitrogens is 1. The van der Waals surface area contributed by atoms with E-state index in [1.54, 1.807) is 25.2 Å². The second kappa shape index (κ2) is 7.23. The summed E-state index contributed by atoms with van der Waals surface area (Å²) in [5.74, 6) is -0.862. The molecule has 1 heterocycles. The Hall–Kier alpha value is -1.63. The van der Waals surface area contributed by atoms with Gasteiger partial charge in [0, 0.05) is 30.3 Å². The molecule has 0 saturated heterocycles. The topological polar surface area (TPSA) is 91.3 Å². The molecular weight excluding hydrogens is 278 g/mol. The first-order valence-electron chi connectivity index (χ1n) is 6.47. The number of hydrogen-bond donors (Lipinski definition) is 3. The van der Waals surface area contributed by atoms with Gasteiger partial charge in [-0.05, 0) is 27.2 Å². The number of amides is 2. The SMILES string of the molecule is Cc1nc(CCNC(=O)NC(C)(C)CCC(=O)O)cs1. The number of rotatable bonds is 7. The molecule has 0 atom stereocenters. The molecule has 0 unspecified atom stereocenters. The Morgan fingerprint density at radius 3 is 2.70 bits per heavy atom. The second-order valence-electron chi connectivity index (χ2n) is 5.27. The van der Waals surface area contributed by atoms with Crippen LogP contribution in [0.1, 0.15) is 37.4 Å². The van der Waals surface area contributed by atoms with Crippen LogP contribution >= 0.6 is 11.3 Å². The highest BCUT2D eigenvalue weighted by Gasteiger charge is 2.21. The number of nitrogens with one attached hydrogen (secondary N) is 2. The highest BCUT2D eigenvalue weighted by atomic mass is 32.1. The van der Waals surface area contributed by atoms with Gasteiger partial charge < -0.3 is 15.7 Å². The van der Waals surface area contributed by atoms with Crippen molar-refractivity contribution in [3.05, 3.63) is 16.1 Å². The Labute approximate surface area is 122 Å². The molecule has 112 valence electrons. The number of hydrogen-bond acceptors (Lipinski definition) is 4. The lowest BCUT2D eigenvalue weighted by atomic mass is 9.99. The van der Waals surface area contributed by atoms with Crippen LogP contribution in [0.25, 0.3) is 0 Å². The monoisotopic (exact) mass is 299 g/mol. The number of carbonyl (C=O) groups excluding carboxylic acids is 1. The fourth-order valence-electron chi connectivity index (χ4n) is 1.66. The largest absolute Gasteiger partial charge is 0.481 e. The van der Waals surface area contributed by atoms with Gasteiger partial charge in [-0.3, -0.25) is 4.79 Å². The van der Waals surface area contributed by atoms with Crippen molar-refractivity contribution in [1.82, 2.24) is 15.6 Å². The van der Waals surface area contributed by atoms with Gasteiger partial charge in [-0.15, -0.1) is 11.3 Å². The van der Waals surface area contributed by atoms with E-state index in [0.29, 0.717) is 19.4 Å². The molecule has 7 heteroatoms. The summed E-state index contributed by atoms with van der Waals surface area (Å²) in [5, 5.41) is 17.2. The van der Waals surface area contributed by atoms with Crippen molar-refractivity contribution < 1.29 is 14.7 Å². The van der Waals surface area contributed by atoms with E-state index in [0.717, 1.165) is 10.7 Å². The molecule has 3 N–H and O–H groups in total. The third-order valence-electron chi connectivity index (χ3n) is 2.75. The lowest BCUT2D eigenvalue weighted by Gasteiger charge is -2.25. The summed E-state index contributed by atoms with van der Waals surface area (Å²) in [4.78, 5) is 26.6. The van der Waals surface area contributed by atoms with E-state index in [-0.39, 0.29) is 12.5 Å². The smallest absolute Gasteiger partial charge is 0.315 e. The van der Waals surface area contributed by atoms with Crippen molar-refractivity contribution in [2.75, 3.05) is 6.54 Å². The van der Waals surface area contributed by atoms with E-state index >= 15 is 0 Å². The zero-order chi connectivity index (χ0) is 15.2. The van der Waals surface area contributed by atoms with Crippen LogP contribution < -0.4 is 10.6 Å². The van der Waals surface area contributed by atoms with Gasteiger partial charge in [0.15, 0.2) is 0 Å². The minimum absolute atomic E-state index is 0.0331. The maximum Gasteiger partial charge on any atom is 0.315 e. The van der Waals surface area contributed by atoms with Crippen LogP contribution in [0.2, 0.25) is 0 Å². The molecule has 1 aromatic heterocycles. The summed E-state index contributed by atoms with van der Waals surface area (Å²) in [6.45, 7) is 6.06. The first-order chi connectivity index (χ1) is 9.28. The molecule has 0 aliphatic rings. The minimum Gasteiger partial charge on any atom is -0.481 e. The summed E-state index contributed by atoms with van der Waals surface area (Å²) < 4.78 is 0. The van der Waals surface area contributed by atoms with E-state index < -0.39 is 11.5 Å². The standard InChI is InChI=1S/C13H21N3O3S/c1-9-15-10(8-20-9)5-7-14-12(19)16-13(2,3)6-4-11(17)18/h8H,4-7H2,1-3H3,(H,17,18)(H2,14,16,19). The van der Waals surface area contributed by atoms with E-state index in [1.807, 2.05) is 12.3 Å². The van der Waals surface area contributed by atoms with Gasteiger partial charge in [-0.2, -0.15) is 0 Å². The Bertz CT molecular complexity index is 471. The van der Waals surface area contributed by atoms with Gasteiger partial charge in [-0.1, -0.05) is 0 Å². The van der Waals surface area contributed by atoms with Gasteiger partial charge in [0.25, 0.3) is 0 Å². The molecule has 0 aliphatic carbocycles. The van der Waals surface area contributed by atoms with Gasteiger partial charge in [-0.25, -0.2) is 9.78 Å². The molecule has 0 fully saturated rings. The van der Waals surface area contributed by atoms with Crippen LogP contribution in [-0.2, 0) is 11.2 Å². The van der Waals surface area contributed by atoms with Crippen LogP contribution in [0.15, 0.2) is 5.38 Å². The van der Waals surface area contributed by atoms with E-state index in [4.69, 9.17) is 5.11 Å². The van der Waals surface area contributed by atoms with E-state index in [1.165, 1.54) is 0 Å². The number of carboxylic acids is 1. The minimum atomic E-state index is -0.862. The van der Waals surface area contributed by atoms with E-state index in [9.17, 15) is 9.59 Å². The van der Waals surface area contributed by atoms with Crippen LogP contribution in [0.4, 0.5) is 4.79 Å². The van der Waals surface area contributed by atoms with Gasteiger partial charge in [0.2, 0.25) is 0 Å². The van der Waals surface area contributed by atoms with Crippen molar-refractivity contribution in [3.63, 3.8) is 0 Å². The maximum atomic E-state index is 11.7. The molecule has 20 heavy (non-hydrogen) atoms. The second-order valence-corrected chi connectivity index (χ2v) is 6.33. The fourth-order valence-corrected chi connectivity index (χ4v) is 2.31.